The summed E-state index contributed by atoms with van der Waals surface area (Å²) in [7, 11) is 4.06. The highest BCUT2D eigenvalue weighted by Gasteiger charge is 2.40. The lowest BCUT2D eigenvalue weighted by Gasteiger charge is -2.42. The largest absolute Gasteiger partial charge is 0.385 e. The van der Waals surface area contributed by atoms with Crippen molar-refractivity contribution in [2.75, 3.05) is 14.1 Å². The summed E-state index contributed by atoms with van der Waals surface area (Å²) in [5.74, 6) is 0. The molecule has 0 aliphatic rings. The average Bonchev–Trinajstić information content (AvgIpc) is 2.72. The number of aliphatic hydroxyl groups excluding tert-OH is 1. The van der Waals surface area contributed by atoms with Crippen molar-refractivity contribution in [1.29, 1.82) is 0 Å². The van der Waals surface area contributed by atoms with Gasteiger partial charge in [-0.05, 0) is 49.3 Å². The van der Waals surface area contributed by atoms with Crippen molar-refractivity contribution in [3.05, 3.63) is 16.4 Å². The minimum absolute atomic E-state index is 0.256. The maximum absolute atomic E-state index is 10.9. The predicted octanol–water partition coefficient (Wildman–Crippen LogP) is 3.21. The van der Waals surface area contributed by atoms with E-state index in [1.54, 1.807) is 6.20 Å². The maximum Gasteiger partial charge on any atom is 0.115 e. The fraction of sp³-hybridized carbons (Fsp3) is 0.786. The number of likely N-dealkylation sites (N-methyl/N-ethyl adjacent to an activating group) is 1. The summed E-state index contributed by atoms with van der Waals surface area (Å²) in [6.07, 6.45) is 4.00. The van der Waals surface area contributed by atoms with E-state index in [1.807, 2.05) is 18.8 Å². The van der Waals surface area contributed by atoms with E-state index < -0.39 is 6.10 Å². The lowest BCUT2D eigenvalue weighted by molar-refractivity contribution is -0.0203. The molecule has 0 saturated carbocycles. The topological polar surface area (TPSA) is 41.3 Å². The Hall–Kier alpha value is -0.390. The minimum atomic E-state index is -0.555. The summed E-state index contributed by atoms with van der Waals surface area (Å²) in [4.78, 5) is 2.13. The van der Waals surface area contributed by atoms with Gasteiger partial charge in [-0.15, -0.1) is 0 Å². The number of aryl methyl sites for hydroxylation is 1. The molecule has 1 atom stereocenters. The van der Waals surface area contributed by atoms with Gasteiger partial charge in [-0.3, -0.25) is 4.68 Å². The molecule has 1 aromatic rings. The highest BCUT2D eigenvalue weighted by Crippen LogP contribution is 2.38. The molecule has 5 heteroatoms. The van der Waals surface area contributed by atoms with E-state index in [1.165, 1.54) is 0 Å². The van der Waals surface area contributed by atoms with E-state index in [0.29, 0.717) is 0 Å². The van der Waals surface area contributed by atoms with E-state index in [2.05, 4.69) is 46.7 Å². The fourth-order valence-electron chi connectivity index (χ4n) is 2.80. The number of aromatic nitrogens is 2. The van der Waals surface area contributed by atoms with Crippen molar-refractivity contribution in [2.24, 2.45) is 0 Å². The summed E-state index contributed by atoms with van der Waals surface area (Å²) in [5.41, 5.74) is 0.632. The van der Waals surface area contributed by atoms with Gasteiger partial charge in [-0.2, -0.15) is 5.10 Å². The van der Waals surface area contributed by atoms with Gasteiger partial charge in [0.25, 0.3) is 0 Å². The molecule has 0 aromatic carbocycles. The van der Waals surface area contributed by atoms with Crippen molar-refractivity contribution in [3.8, 4) is 0 Å². The second-order valence-corrected chi connectivity index (χ2v) is 6.06. The van der Waals surface area contributed by atoms with E-state index in [4.69, 9.17) is 0 Å². The highest BCUT2D eigenvalue weighted by molar-refractivity contribution is 9.10. The summed E-state index contributed by atoms with van der Waals surface area (Å²) in [6, 6.07) is 0. The molecule has 0 spiro atoms. The molecular formula is C14H26BrN3O. The number of aliphatic hydroxyl groups is 1. The molecule has 0 bridgehead atoms. The summed E-state index contributed by atoms with van der Waals surface area (Å²) >= 11 is 3.53. The van der Waals surface area contributed by atoms with Crippen LogP contribution < -0.4 is 0 Å². The molecule has 0 fully saturated rings. The zero-order valence-electron chi connectivity index (χ0n) is 12.6. The van der Waals surface area contributed by atoms with Gasteiger partial charge in [0.15, 0.2) is 0 Å². The first-order chi connectivity index (χ1) is 8.94. The molecule has 0 aliphatic carbocycles. The summed E-state index contributed by atoms with van der Waals surface area (Å²) in [6.45, 7) is 7.20. The molecule has 1 unspecified atom stereocenters. The monoisotopic (exact) mass is 331 g/mol. The molecule has 0 aliphatic heterocycles. The van der Waals surface area contributed by atoms with Crippen molar-refractivity contribution >= 4 is 15.9 Å². The molecule has 0 amide bonds. The van der Waals surface area contributed by atoms with Crippen LogP contribution in [0.1, 0.15) is 51.8 Å². The first-order valence-corrected chi connectivity index (χ1v) is 7.80. The Balaban J connectivity index is 3.23. The zero-order chi connectivity index (χ0) is 14.6. The molecule has 1 heterocycles. The van der Waals surface area contributed by atoms with Crippen LogP contribution in [-0.2, 0) is 6.54 Å². The van der Waals surface area contributed by atoms with E-state index in [0.717, 1.165) is 36.0 Å². The van der Waals surface area contributed by atoms with Crippen LogP contribution in [-0.4, -0.2) is 39.4 Å². The molecule has 110 valence electrons. The van der Waals surface area contributed by atoms with E-state index >= 15 is 0 Å². The highest BCUT2D eigenvalue weighted by atomic mass is 79.9. The van der Waals surface area contributed by atoms with Crippen LogP contribution in [0.3, 0.4) is 0 Å². The van der Waals surface area contributed by atoms with Crippen molar-refractivity contribution < 1.29 is 5.11 Å². The number of halogens is 1. The molecule has 19 heavy (non-hydrogen) atoms. The third-order valence-corrected chi connectivity index (χ3v) is 4.76. The lowest BCUT2D eigenvalue weighted by atomic mass is 9.83. The zero-order valence-corrected chi connectivity index (χ0v) is 14.2. The van der Waals surface area contributed by atoms with Gasteiger partial charge in [0.05, 0.1) is 21.9 Å². The second kappa shape index (κ2) is 6.86. The molecule has 1 N–H and O–H groups in total. The number of hydrogen-bond acceptors (Lipinski definition) is 3. The molecule has 1 aromatic heterocycles. The van der Waals surface area contributed by atoms with Crippen molar-refractivity contribution in [2.45, 2.75) is 58.2 Å². The van der Waals surface area contributed by atoms with Crippen LogP contribution >= 0.6 is 15.9 Å². The van der Waals surface area contributed by atoms with Gasteiger partial charge in [0, 0.05) is 6.54 Å². The van der Waals surface area contributed by atoms with Gasteiger partial charge >= 0.3 is 0 Å². The first-order valence-electron chi connectivity index (χ1n) is 7.01. The molecule has 0 radical (unpaired) electrons. The van der Waals surface area contributed by atoms with Gasteiger partial charge in [-0.1, -0.05) is 20.8 Å². The lowest BCUT2D eigenvalue weighted by Crippen LogP contribution is -2.49. The van der Waals surface area contributed by atoms with Crippen molar-refractivity contribution in [1.82, 2.24) is 14.7 Å². The molecule has 1 rings (SSSR count). The third kappa shape index (κ3) is 3.03. The summed E-state index contributed by atoms with van der Waals surface area (Å²) < 4.78 is 2.81. The van der Waals surface area contributed by atoms with Gasteiger partial charge in [0.2, 0.25) is 0 Å². The number of nitrogens with zero attached hydrogens (tertiary/aromatic N) is 3. The Morgan fingerprint density at radius 2 is 1.95 bits per heavy atom. The van der Waals surface area contributed by atoms with Crippen LogP contribution in [0.4, 0.5) is 0 Å². The first kappa shape index (κ1) is 16.7. The molecule has 0 saturated heterocycles. The standard InChI is InChI=1S/C14H26BrN3O/c1-6-9-18-12(11(15)10-16-18)13(19)14(7-2,8-3)17(4)5/h10,13,19H,6-9H2,1-5H3. The smallest absolute Gasteiger partial charge is 0.115 e. The Morgan fingerprint density at radius 3 is 2.37 bits per heavy atom. The Kier molecular flexibility index (Phi) is 6.02. The maximum atomic E-state index is 10.9. The summed E-state index contributed by atoms with van der Waals surface area (Å²) in [5, 5.41) is 15.3. The number of rotatable bonds is 7. The Labute approximate surface area is 124 Å². The van der Waals surface area contributed by atoms with Crippen LogP contribution in [0.5, 0.6) is 0 Å². The van der Waals surface area contributed by atoms with Crippen LogP contribution in [0.2, 0.25) is 0 Å². The second-order valence-electron chi connectivity index (χ2n) is 5.21. The third-order valence-electron chi connectivity index (χ3n) is 4.15. The normalized spacial score (nSPS) is 14.1. The van der Waals surface area contributed by atoms with Crippen LogP contribution in [0.15, 0.2) is 10.7 Å². The van der Waals surface area contributed by atoms with Gasteiger partial charge < -0.3 is 10.0 Å². The molecular weight excluding hydrogens is 306 g/mol. The minimum Gasteiger partial charge on any atom is -0.385 e. The van der Waals surface area contributed by atoms with Crippen molar-refractivity contribution in [3.63, 3.8) is 0 Å². The SMILES string of the molecule is CCCn1ncc(Br)c1C(O)C(CC)(CC)N(C)C. The van der Waals surface area contributed by atoms with Gasteiger partial charge in [-0.25, -0.2) is 0 Å². The van der Waals surface area contributed by atoms with E-state index in [9.17, 15) is 5.11 Å². The van der Waals surface area contributed by atoms with Crippen LogP contribution in [0, 0.1) is 0 Å². The van der Waals surface area contributed by atoms with E-state index in [-0.39, 0.29) is 5.54 Å². The predicted molar refractivity (Wildman–Crippen MR) is 82.2 cm³/mol. The van der Waals surface area contributed by atoms with Crippen LogP contribution in [0.25, 0.3) is 0 Å². The Bertz CT molecular complexity index is 399. The average molecular weight is 332 g/mol. The number of hydrogen-bond donors (Lipinski definition) is 1. The molecule has 4 nitrogen and oxygen atoms in total. The Morgan fingerprint density at radius 1 is 1.37 bits per heavy atom. The quantitative estimate of drug-likeness (QED) is 0.834. The fourth-order valence-corrected chi connectivity index (χ4v) is 3.32. The van der Waals surface area contributed by atoms with Gasteiger partial charge in [0.1, 0.15) is 6.10 Å².